The largest absolute Gasteiger partial charge is 0.480 e. The molecule has 0 aliphatic heterocycles. The molecule has 0 radical (unpaired) electrons. The Morgan fingerprint density at radius 2 is 1.62 bits per heavy atom. The molecule has 14 heteroatoms. The van der Waals surface area contributed by atoms with Crippen LogP contribution in [0.15, 0.2) is 76.6 Å². The number of ether oxygens (including phenoxy) is 1. The number of sulfonamides is 1. The number of rotatable bonds is 6. The molecule has 0 amide bonds. The standard InChI is InChI=1S/C26H17F4N5O4S/c1-39-24-23(40(37,38)34-22-5-3-15(27)11-20(22)30)7-14(12-32-24)13-2-4-21-19(6-13)25(36)35(26(31)33-21)18-9-16(28)8-17(29)10-18/h2-12,34H,1H3,(H2,31,33). The average Bonchev–Trinajstić information content (AvgIpc) is 2.89. The van der Waals surface area contributed by atoms with Crippen molar-refractivity contribution in [1.29, 1.82) is 0 Å². The summed E-state index contributed by atoms with van der Waals surface area (Å²) in [6.45, 7) is 0. The quantitative estimate of drug-likeness (QED) is 0.289. The number of benzene rings is 3. The number of nitrogen functional groups attached to an aromatic ring is 1. The first kappa shape index (κ1) is 26.6. The average molecular weight is 572 g/mol. The molecule has 0 aliphatic rings. The van der Waals surface area contributed by atoms with Crippen LogP contribution < -0.4 is 20.8 Å². The lowest BCUT2D eigenvalue weighted by Gasteiger charge is -2.14. The second kappa shape index (κ2) is 9.96. The summed E-state index contributed by atoms with van der Waals surface area (Å²) < 4.78 is 89.3. The maximum atomic E-state index is 14.1. The first-order chi connectivity index (χ1) is 19.0. The van der Waals surface area contributed by atoms with Crippen LogP contribution in [0.2, 0.25) is 0 Å². The van der Waals surface area contributed by atoms with Gasteiger partial charge in [0.05, 0.1) is 29.4 Å². The minimum atomic E-state index is -4.49. The van der Waals surface area contributed by atoms with Gasteiger partial charge >= 0.3 is 0 Å². The predicted octanol–water partition coefficient (Wildman–Crippen LogP) is 4.40. The molecular formula is C26H17F4N5O4S. The Balaban J connectivity index is 1.62. The van der Waals surface area contributed by atoms with E-state index in [4.69, 9.17) is 10.5 Å². The highest BCUT2D eigenvalue weighted by Crippen LogP contribution is 2.31. The Morgan fingerprint density at radius 1 is 0.900 bits per heavy atom. The first-order valence-corrected chi connectivity index (χ1v) is 12.8. The Kier molecular flexibility index (Phi) is 6.63. The third-order valence-electron chi connectivity index (χ3n) is 5.81. The molecule has 40 heavy (non-hydrogen) atoms. The number of nitrogens with zero attached hydrogens (tertiary/aromatic N) is 3. The zero-order valence-corrected chi connectivity index (χ0v) is 21.1. The summed E-state index contributed by atoms with van der Waals surface area (Å²) in [5.41, 5.74) is 5.18. The second-order valence-corrected chi connectivity index (χ2v) is 10.1. The molecule has 0 saturated carbocycles. The van der Waals surface area contributed by atoms with E-state index in [9.17, 15) is 30.8 Å². The van der Waals surface area contributed by atoms with Crippen molar-refractivity contribution < 1.29 is 30.7 Å². The van der Waals surface area contributed by atoms with Crippen molar-refractivity contribution in [2.45, 2.75) is 4.90 Å². The van der Waals surface area contributed by atoms with Gasteiger partial charge in [-0.2, -0.15) is 0 Å². The van der Waals surface area contributed by atoms with Gasteiger partial charge in [-0.1, -0.05) is 6.07 Å². The van der Waals surface area contributed by atoms with Crippen molar-refractivity contribution in [3.63, 3.8) is 0 Å². The third kappa shape index (κ3) is 4.91. The predicted molar refractivity (Wildman–Crippen MR) is 139 cm³/mol. The van der Waals surface area contributed by atoms with Crippen LogP contribution in [0.1, 0.15) is 0 Å². The highest BCUT2D eigenvalue weighted by atomic mass is 32.2. The Morgan fingerprint density at radius 3 is 2.30 bits per heavy atom. The molecule has 0 spiro atoms. The highest BCUT2D eigenvalue weighted by Gasteiger charge is 2.24. The monoisotopic (exact) mass is 571 g/mol. The maximum Gasteiger partial charge on any atom is 0.267 e. The molecule has 2 aromatic heterocycles. The lowest BCUT2D eigenvalue weighted by Crippen LogP contribution is -2.23. The maximum absolute atomic E-state index is 14.1. The zero-order valence-electron chi connectivity index (χ0n) is 20.3. The first-order valence-electron chi connectivity index (χ1n) is 11.3. The number of hydrogen-bond donors (Lipinski definition) is 2. The number of anilines is 2. The van der Waals surface area contributed by atoms with E-state index >= 15 is 0 Å². The third-order valence-corrected chi connectivity index (χ3v) is 7.17. The van der Waals surface area contributed by atoms with Crippen molar-refractivity contribution in [1.82, 2.24) is 14.5 Å². The molecule has 3 N–H and O–H groups in total. The minimum absolute atomic E-state index is 0.00287. The van der Waals surface area contributed by atoms with Gasteiger partial charge < -0.3 is 10.5 Å². The minimum Gasteiger partial charge on any atom is -0.480 e. The van der Waals surface area contributed by atoms with Gasteiger partial charge in [0.25, 0.3) is 15.6 Å². The number of halogens is 4. The van der Waals surface area contributed by atoms with Gasteiger partial charge in [-0.05, 0) is 48.0 Å². The topological polar surface area (TPSA) is 129 Å². The number of methoxy groups -OCH3 is 1. The molecule has 3 aromatic carbocycles. The van der Waals surface area contributed by atoms with Crippen LogP contribution in [-0.4, -0.2) is 30.1 Å². The molecule has 2 heterocycles. The lowest BCUT2D eigenvalue weighted by molar-refractivity contribution is 0.385. The van der Waals surface area contributed by atoms with Gasteiger partial charge in [0.15, 0.2) is 0 Å². The number of nitrogens with two attached hydrogens (primary N) is 1. The zero-order chi connectivity index (χ0) is 28.8. The Bertz CT molecular complexity index is 1960. The van der Waals surface area contributed by atoms with Crippen LogP contribution in [0.25, 0.3) is 27.7 Å². The van der Waals surface area contributed by atoms with Crippen molar-refractivity contribution >= 4 is 32.6 Å². The molecule has 0 saturated heterocycles. The van der Waals surface area contributed by atoms with E-state index in [0.717, 1.165) is 28.8 Å². The van der Waals surface area contributed by atoms with E-state index in [1.54, 1.807) is 0 Å². The fraction of sp³-hybridized carbons (Fsp3) is 0.0385. The summed E-state index contributed by atoms with van der Waals surface area (Å²) in [4.78, 5) is 21.0. The Hall–Kier alpha value is -4.98. The molecule has 0 atom stereocenters. The van der Waals surface area contributed by atoms with Gasteiger partial charge in [0, 0.05) is 23.9 Å². The van der Waals surface area contributed by atoms with Gasteiger partial charge in [-0.15, -0.1) is 0 Å². The molecule has 0 aliphatic carbocycles. The normalized spacial score (nSPS) is 11.5. The molecule has 5 aromatic rings. The van der Waals surface area contributed by atoms with E-state index in [2.05, 4.69) is 9.97 Å². The van der Waals surface area contributed by atoms with Crippen LogP contribution in [0.3, 0.4) is 0 Å². The summed E-state index contributed by atoms with van der Waals surface area (Å²) >= 11 is 0. The van der Waals surface area contributed by atoms with Crippen LogP contribution in [0, 0.1) is 23.3 Å². The van der Waals surface area contributed by atoms with Crippen molar-refractivity contribution in [3.8, 4) is 22.7 Å². The lowest BCUT2D eigenvalue weighted by atomic mass is 10.1. The van der Waals surface area contributed by atoms with E-state index in [1.807, 2.05) is 4.72 Å². The van der Waals surface area contributed by atoms with Gasteiger partial charge in [-0.25, -0.2) is 40.5 Å². The summed E-state index contributed by atoms with van der Waals surface area (Å²) in [5, 5.41) is 0.00287. The smallest absolute Gasteiger partial charge is 0.267 e. The number of nitrogens with one attached hydrogen (secondary N) is 1. The van der Waals surface area contributed by atoms with Gasteiger partial charge in [-0.3, -0.25) is 9.52 Å². The fourth-order valence-corrected chi connectivity index (χ4v) is 5.22. The van der Waals surface area contributed by atoms with Gasteiger partial charge in [0.1, 0.15) is 28.2 Å². The number of fused-ring (bicyclic) bond motifs is 1. The van der Waals surface area contributed by atoms with Crippen LogP contribution in [0.5, 0.6) is 5.88 Å². The molecule has 5 rings (SSSR count). The second-order valence-electron chi connectivity index (χ2n) is 8.43. The molecule has 204 valence electrons. The van der Waals surface area contributed by atoms with Crippen LogP contribution in [-0.2, 0) is 10.0 Å². The van der Waals surface area contributed by atoms with Crippen molar-refractivity contribution in [2.75, 3.05) is 17.6 Å². The molecule has 0 bridgehead atoms. The summed E-state index contributed by atoms with van der Waals surface area (Å²) in [5.74, 6) is -4.51. The summed E-state index contributed by atoms with van der Waals surface area (Å²) in [6, 6.07) is 10.3. The highest BCUT2D eigenvalue weighted by molar-refractivity contribution is 7.92. The summed E-state index contributed by atoms with van der Waals surface area (Å²) in [6.07, 6.45) is 1.28. The SMILES string of the molecule is COc1ncc(-c2ccc3nc(N)n(-c4cc(F)cc(F)c4)c(=O)c3c2)cc1S(=O)(=O)Nc1ccc(F)cc1F. The fourth-order valence-electron chi connectivity index (χ4n) is 4.01. The van der Waals surface area contributed by atoms with Crippen molar-refractivity contribution in [3.05, 3.63) is 100 Å². The molecule has 0 fully saturated rings. The Labute approximate surface area is 223 Å². The van der Waals surface area contributed by atoms with Gasteiger partial charge in [0.2, 0.25) is 11.8 Å². The number of aromatic nitrogens is 3. The van der Waals surface area contributed by atoms with Crippen molar-refractivity contribution in [2.24, 2.45) is 0 Å². The molecule has 0 unspecified atom stereocenters. The van der Waals surface area contributed by atoms with E-state index < -0.39 is 49.4 Å². The van der Waals surface area contributed by atoms with Crippen LogP contribution in [0.4, 0.5) is 29.2 Å². The number of hydrogen-bond acceptors (Lipinski definition) is 7. The molecular weight excluding hydrogens is 554 g/mol. The number of pyridine rings is 1. The summed E-state index contributed by atoms with van der Waals surface area (Å²) in [7, 11) is -3.31. The van der Waals surface area contributed by atoms with E-state index in [0.29, 0.717) is 17.7 Å². The van der Waals surface area contributed by atoms with E-state index in [-0.39, 0.29) is 34.0 Å². The molecule has 9 nitrogen and oxygen atoms in total. The van der Waals surface area contributed by atoms with Crippen LogP contribution >= 0.6 is 0 Å². The van der Waals surface area contributed by atoms with E-state index in [1.165, 1.54) is 37.6 Å².